The van der Waals surface area contributed by atoms with Crippen molar-refractivity contribution in [3.05, 3.63) is 24.3 Å². The third kappa shape index (κ3) is 3.05. The lowest BCUT2D eigenvalue weighted by molar-refractivity contribution is 0.346. The van der Waals surface area contributed by atoms with Crippen molar-refractivity contribution in [1.29, 1.82) is 0 Å². The summed E-state index contributed by atoms with van der Waals surface area (Å²) in [5.41, 5.74) is 6.36. The summed E-state index contributed by atoms with van der Waals surface area (Å²) in [5.74, 6) is 0. The van der Waals surface area contributed by atoms with Gasteiger partial charge in [-0.25, -0.2) is 0 Å². The van der Waals surface area contributed by atoms with E-state index in [1.165, 1.54) is 11.8 Å². The molecule has 0 radical (unpaired) electrons. The lowest BCUT2D eigenvalue weighted by atomic mass is 10.2. The number of hydrogen-bond acceptors (Lipinski definition) is 3. The van der Waals surface area contributed by atoms with Crippen molar-refractivity contribution in [3.8, 4) is 0 Å². The van der Waals surface area contributed by atoms with Crippen LogP contribution in [-0.2, 0) is 4.57 Å². The number of nitrogens with two attached hydrogens (primary N) is 1. The molecule has 17 heavy (non-hydrogen) atoms. The third-order valence-corrected chi connectivity index (χ3v) is 7.09. The maximum atomic E-state index is 11.7. The smallest absolute Gasteiger partial charge is 0.341 e. The van der Waals surface area contributed by atoms with Gasteiger partial charge in [0.25, 0.3) is 0 Å². The minimum absolute atomic E-state index is 0.396. The Kier molecular flexibility index (Phi) is 4.67. The van der Waals surface area contributed by atoms with E-state index in [-0.39, 0.29) is 0 Å². The average molecular weight is 275 g/mol. The monoisotopic (exact) mass is 275 g/mol. The lowest BCUT2D eigenvalue weighted by Crippen LogP contribution is -2.22. The topological polar surface area (TPSA) is 83.6 Å². The van der Waals surface area contributed by atoms with E-state index in [4.69, 9.17) is 5.73 Å². The van der Waals surface area contributed by atoms with E-state index >= 15 is 0 Å². The van der Waals surface area contributed by atoms with Crippen LogP contribution in [0.5, 0.6) is 0 Å². The molecule has 96 valence electrons. The maximum absolute atomic E-state index is 11.7. The molecule has 0 aliphatic heterocycles. The molecule has 6 heteroatoms. The minimum Gasteiger partial charge on any atom is -0.398 e. The summed E-state index contributed by atoms with van der Waals surface area (Å²) in [7, 11) is -4.18. The Morgan fingerprint density at radius 3 is 2.24 bits per heavy atom. The Labute approximate surface area is 106 Å². The van der Waals surface area contributed by atoms with Gasteiger partial charge in [0.1, 0.15) is 4.49 Å². The second-order valence-corrected chi connectivity index (χ2v) is 7.51. The standard InChI is InChI=1S/C11H18NO3PS/c1-3-11(4-2,16(13,14)15)17-10-8-6-5-7-9(10)12/h5-8H,3-4,12H2,1-2H3,(H2,13,14,15). The number of thioether (sulfide) groups is 1. The minimum atomic E-state index is -4.18. The van der Waals surface area contributed by atoms with E-state index in [1.807, 2.05) is 6.07 Å². The van der Waals surface area contributed by atoms with Crippen LogP contribution < -0.4 is 5.73 Å². The number of benzene rings is 1. The SMILES string of the molecule is CCC(CC)(Sc1ccccc1N)P(=O)(O)O. The Balaban J connectivity index is 3.12. The summed E-state index contributed by atoms with van der Waals surface area (Å²) in [5, 5.41) is 0. The van der Waals surface area contributed by atoms with E-state index in [0.29, 0.717) is 18.5 Å². The van der Waals surface area contributed by atoms with Gasteiger partial charge in [0.15, 0.2) is 0 Å². The van der Waals surface area contributed by atoms with Gasteiger partial charge in [-0.3, -0.25) is 4.57 Å². The quantitative estimate of drug-likeness (QED) is 0.437. The summed E-state index contributed by atoms with van der Waals surface area (Å²) in [6, 6.07) is 7.14. The fraction of sp³-hybridized carbons (Fsp3) is 0.455. The molecule has 4 N–H and O–H groups in total. The molecule has 0 spiro atoms. The van der Waals surface area contributed by atoms with Crippen molar-refractivity contribution in [1.82, 2.24) is 0 Å². The molecule has 1 aromatic rings. The van der Waals surface area contributed by atoms with E-state index in [9.17, 15) is 14.4 Å². The fourth-order valence-electron chi connectivity index (χ4n) is 1.64. The first-order valence-electron chi connectivity index (χ1n) is 5.45. The molecule has 1 rings (SSSR count). The van der Waals surface area contributed by atoms with Crippen LogP contribution in [0.15, 0.2) is 29.2 Å². The zero-order valence-corrected chi connectivity index (χ0v) is 11.7. The number of hydrogen-bond donors (Lipinski definition) is 3. The molecule has 0 unspecified atom stereocenters. The van der Waals surface area contributed by atoms with Gasteiger partial charge in [0.05, 0.1) is 0 Å². The maximum Gasteiger partial charge on any atom is 0.341 e. The highest BCUT2D eigenvalue weighted by Gasteiger charge is 2.45. The van der Waals surface area contributed by atoms with Crippen LogP contribution in [-0.4, -0.2) is 14.3 Å². The Morgan fingerprint density at radius 1 is 1.29 bits per heavy atom. The van der Waals surface area contributed by atoms with Gasteiger partial charge >= 0.3 is 7.60 Å². The van der Waals surface area contributed by atoms with Gasteiger partial charge in [0.2, 0.25) is 0 Å². The molecular weight excluding hydrogens is 257 g/mol. The van der Waals surface area contributed by atoms with Crippen molar-refractivity contribution in [2.75, 3.05) is 5.73 Å². The average Bonchev–Trinajstić information content (AvgIpc) is 2.26. The van der Waals surface area contributed by atoms with Crippen LogP contribution in [0.2, 0.25) is 0 Å². The molecule has 1 aromatic carbocycles. The van der Waals surface area contributed by atoms with Crippen LogP contribution in [0.25, 0.3) is 0 Å². The second-order valence-electron chi connectivity index (χ2n) is 3.84. The van der Waals surface area contributed by atoms with E-state index in [1.54, 1.807) is 32.0 Å². The Morgan fingerprint density at radius 2 is 1.82 bits per heavy atom. The van der Waals surface area contributed by atoms with Crippen LogP contribution >= 0.6 is 19.4 Å². The first-order valence-corrected chi connectivity index (χ1v) is 7.88. The molecule has 0 amide bonds. The van der Waals surface area contributed by atoms with Gasteiger partial charge in [-0.05, 0) is 25.0 Å². The van der Waals surface area contributed by atoms with Crippen molar-refractivity contribution in [2.24, 2.45) is 0 Å². The van der Waals surface area contributed by atoms with Gasteiger partial charge in [-0.15, -0.1) is 11.8 Å². The van der Waals surface area contributed by atoms with E-state index in [0.717, 1.165) is 4.90 Å². The van der Waals surface area contributed by atoms with Crippen molar-refractivity contribution in [3.63, 3.8) is 0 Å². The second kappa shape index (κ2) is 5.44. The molecule has 0 saturated heterocycles. The largest absolute Gasteiger partial charge is 0.398 e. The van der Waals surface area contributed by atoms with Gasteiger partial charge < -0.3 is 15.5 Å². The predicted octanol–water partition coefficient (Wildman–Crippen LogP) is 3.05. The third-order valence-electron chi connectivity index (χ3n) is 2.85. The van der Waals surface area contributed by atoms with Crippen LogP contribution in [0.1, 0.15) is 26.7 Å². The van der Waals surface area contributed by atoms with E-state index < -0.39 is 12.1 Å². The van der Waals surface area contributed by atoms with Gasteiger partial charge in [0, 0.05) is 10.6 Å². The lowest BCUT2D eigenvalue weighted by Gasteiger charge is -2.31. The van der Waals surface area contributed by atoms with Crippen molar-refractivity contribution < 1.29 is 14.4 Å². The zero-order chi connectivity index (χ0) is 13.1. The summed E-state index contributed by atoms with van der Waals surface area (Å²) in [4.78, 5) is 19.8. The normalized spacial score (nSPS) is 12.7. The summed E-state index contributed by atoms with van der Waals surface area (Å²) < 4.78 is 10.6. The number of rotatable bonds is 5. The van der Waals surface area contributed by atoms with Crippen molar-refractivity contribution in [2.45, 2.75) is 36.1 Å². The molecule has 0 aromatic heterocycles. The van der Waals surface area contributed by atoms with Crippen LogP contribution in [0.4, 0.5) is 5.69 Å². The molecular formula is C11H18NO3PS. The predicted molar refractivity (Wildman–Crippen MR) is 72.1 cm³/mol. The Hall–Kier alpha value is -0.480. The van der Waals surface area contributed by atoms with Crippen LogP contribution in [0, 0.1) is 0 Å². The van der Waals surface area contributed by atoms with Gasteiger partial charge in [-0.2, -0.15) is 0 Å². The Bertz CT molecular complexity index is 428. The first kappa shape index (κ1) is 14.6. The first-order chi connectivity index (χ1) is 7.86. The summed E-state index contributed by atoms with van der Waals surface area (Å²) >= 11 is 1.18. The van der Waals surface area contributed by atoms with Crippen molar-refractivity contribution >= 4 is 25.0 Å². The summed E-state index contributed by atoms with van der Waals surface area (Å²) in [6.45, 7) is 3.57. The molecule has 4 nitrogen and oxygen atoms in total. The molecule has 0 aliphatic carbocycles. The van der Waals surface area contributed by atoms with Crippen LogP contribution in [0.3, 0.4) is 0 Å². The number of anilines is 1. The highest BCUT2D eigenvalue weighted by Crippen LogP contribution is 2.62. The molecule has 0 saturated carbocycles. The number of nitrogen functional groups attached to an aromatic ring is 1. The fourth-order valence-corrected chi connectivity index (χ4v) is 4.27. The highest BCUT2D eigenvalue weighted by atomic mass is 32.2. The molecule has 0 aliphatic rings. The number of para-hydroxylation sites is 1. The van der Waals surface area contributed by atoms with E-state index in [2.05, 4.69) is 0 Å². The molecule has 0 heterocycles. The molecule has 0 bridgehead atoms. The zero-order valence-electron chi connectivity index (χ0n) is 9.96. The summed E-state index contributed by atoms with van der Waals surface area (Å²) in [6.07, 6.45) is 0.791. The molecule has 0 fully saturated rings. The molecule has 0 atom stereocenters. The highest BCUT2D eigenvalue weighted by molar-refractivity contribution is 8.06. The van der Waals surface area contributed by atoms with Gasteiger partial charge in [-0.1, -0.05) is 26.0 Å².